The molecule has 0 aromatic heterocycles. The molecule has 1 spiro atoms. The molecule has 0 amide bonds. The van der Waals surface area contributed by atoms with Gasteiger partial charge in [0.15, 0.2) is 17.1 Å². The smallest absolute Gasteiger partial charge is 0.232 e. The lowest BCUT2D eigenvalue weighted by atomic mass is 9.69. The van der Waals surface area contributed by atoms with Crippen molar-refractivity contribution in [2.75, 3.05) is 7.11 Å². The third-order valence-corrected chi connectivity index (χ3v) is 5.61. The van der Waals surface area contributed by atoms with E-state index < -0.39 is 46.3 Å². The van der Waals surface area contributed by atoms with Crippen LogP contribution in [0.1, 0.15) is 27.7 Å². The van der Waals surface area contributed by atoms with Gasteiger partial charge in [0.1, 0.15) is 5.76 Å². The molecule has 7 heteroatoms. The van der Waals surface area contributed by atoms with Gasteiger partial charge in [-0.1, -0.05) is 6.92 Å². The Morgan fingerprint density at radius 1 is 1.16 bits per heavy atom. The minimum absolute atomic E-state index is 0.195. The number of ether oxygens (including phenoxy) is 2. The SMILES string of the molecule is CO[C@]1(C)C(=O)C(O)=C(C)C(=O)[C@@]12OC1C(=C2O)C(C)=CC(=O)C1C. The van der Waals surface area contributed by atoms with Crippen LogP contribution in [-0.4, -0.2) is 52.0 Å². The van der Waals surface area contributed by atoms with Crippen LogP contribution in [0.25, 0.3) is 0 Å². The van der Waals surface area contributed by atoms with Crippen molar-refractivity contribution in [2.24, 2.45) is 5.92 Å². The van der Waals surface area contributed by atoms with Crippen LogP contribution in [0.5, 0.6) is 0 Å². The zero-order valence-electron chi connectivity index (χ0n) is 14.7. The van der Waals surface area contributed by atoms with Gasteiger partial charge in [-0.05, 0) is 32.4 Å². The molecule has 1 heterocycles. The molecule has 1 aliphatic heterocycles. The molecule has 3 aliphatic rings. The molecule has 2 N–H and O–H groups in total. The average Bonchev–Trinajstić information content (AvgIpc) is 2.90. The van der Waals surface area contributed by atoms with Crippen LogP contribution in [0.15, 0.2) is 34.3 Å². The van der Waals surface area contributed by atoms with Gasteiger partial charge in [-0.25, -0.2) is 0 Å². The maximum Gasteiger partial charge on any atom is 0.232 e. The van der Waals surface area contributed by atoms with Crippen LogP contribution < -0.4 is 0 Å². The van der Waals surface area contributed by atoms with Crippen LogP contribution in [-0.2, 0) is 23.9 Å². The van der Waals surface area contributed by atoms with Crippen molar-refractivity contribution in [2.45, 2.75) is 45.0 Å². The van der Waals surface area contributed by atoms with Crippen LogP contribution >= 0.6 is 0 Å². The van der Waals surface area contributed by atoms with Crippen molar-refractivity contribution >= 4 is 17.3 Å². The van der Waals surface area contributed by atoms with Crippen LogP contribution in [0.2, 0.25) is 0 Å². The van der Waals surface area contributed by atoms with E-state index in [1.54, 1.807) is 13.8 Å². The minimum Gasteiger partial charge on any atom is -0.508 e. The predicted molar refractivity (Wildman–Crippen MR) is 85.9 cm³/mol. The van der Waals surface area contributed by atoms with Gasteiger partial charge in [0.2, 0.25) is 17.2 Å². The van der Waals surface area contributed by atoms with E-state index in [1.165, 1.54) is 27.0 Å². The Labute approximate surface area is 144 Å². The second kappa shape index (κ2) is 5.12. The Kier molecular flexibility index (Phi) is 3.60. The first-order valence-electron chi connectivity index (χ1n) is 7.93. The van der Waals surface area contributed by atoms with E-state index >= 15 is 0 Å². The molecule has 0 bridgehead atoms. The summed E-state index contributed by atoms with van der Waals surface area (Å²) in [5.41, 5.74) is -3.54. The number of methoxy groups -OCH3 is 1. The van der Waals surface area contributed by atoms with Crippen LogP contribution in [0, 0.1) is 5.92 Å². The molecule has 0 saturated carbocycles. The van der Waals surface area contributed by atoms with E-state index in [4.69, 9.17) is 9.47 Å². The van der Waals surface area contributed by atoms with E-state index in [0.717, 1.165) is 0 Å². The summed E-state index contributed by atoms with van der Waals surface area (Å²) in [5.74, 6) is -3.61. The van der Waals surface area contributed by atoms with Gasteiger partial charge in [-0.2, -0.15) is 0 Å². The van der Waals surface area contributed by atoms with E-state index in [0.29, 0.717) is 11.1 Å². The lowest BCUT2D eigenvalue weighted by molar-refractivity contribution is -0.198. The fraction of sp³-hybridized carbons (Fsp3) is 0.500. The second-order valence-electron chi connectivity index (χ2n) is 6.87. The van der Waals surface area contributed by atoms with Crippen LogP contribution in [0.4, 0.5) is 0 Å². The zero-order valence-corrected chi connectivity index (χ0v) is 14.7. The molecule has 0 saturated heterocycles. The fourth-order valence-corrected chi connectivity index (χ4v) is 3.84. The van der Waals surface area contributed by atoms with Gasteiger partial charge in [0.25, 0.3) is 0 Å². The standard InChI is InChI=1S/C18H20O7/c1-7-6-10(19)8(2)13-11(7)15(22)18(25-13)14(21)9(3)12(20)16(23)17(18,4)24-5/h6,8,13,20,22H,1-5H3/t8?,13?,17-,18+/m1/s1. The molecule has 2 unspecified atom stereocenters. The molecule has 134 valence electrons. The first-order chi connectivity index (χ1) is 11.5. The number of rotatable bonds is 1. The third kappa shape index (κ3) is 1.79. The number of aliphatic hydroxyl groups is 2. The maximum absolute atomic E-state index is 13.1. The van der Waals surface area contributed by atoms with Crippen LogP contribution in [0.3, 0.4) is 0 Å². The number of Topliss-reactive ketones (excluding diaryl/α,β-unsaturated/α-hetero) is 2. The summed E-state index contributed by atoms with van der Waals surface area (Å²) in [6.45, 7) is 5.83. The molecule has 0 radical (unpaired) electrons. The van der Waals surface area contributed by atoms with Crippen molar-refractivity contribution < 1.29 is 34.1 Å². The second-order valence-corrected chi connectivity index (χ2v) is 6.87. The molecule has 3 rings (SSSR count). The first kappa shape index (κ1) is 17.6. The Hall–Kier alpha value is -2.25. The monoisotopic (exact) mass is 348 g/mol. The number of carbonyl (C=O) groups excluding carboxylic acids is 3. The van der Waals surface area contributed by atoms with Gasteiger partial charge in [-0.15, -0.1) is 0 Å². The molecule has 4 atom stereocenters. The van der Waals surface area contributed by atoms with Gasteiger partial charge in [0, 0.05) is 24.2 Å². The van der Waals surface area contributed by atoms with Gasteiger partial charge < -0.3 is 19.7 Å². The molecule has 2 aliphatic carbocycles. The molecule has 0 fully saturated rings. The van der Waals surface area contributed by atoms with Gasteiger partial charge >= 0.3 is 0 Å². The summed E-state index contributed by atoms with van der Waals surface area (Å²) >= 11 is 0. The predicted octanol–water partition coefficient (Wildman–Crippen LogP) is 1.49. The largest absolute Gasteiger partial charge is 0.508 e. The number of hydrogen-bond acceptors (Lipinski definition) is 7. The summed E-state index contributed by atoms with van der Waals surface area (Å²) in [6, 6.07) is 0. The van der Waals surface area contributed by atoms with Crippen molar-refractivity contribution in [3.8, 4) is 0 Å². The van der Waals surface area contributed by atoms with Gasteiger partial charge in [0.05, 0.1) is 6.10 Å². The highest BCUT2D eigenvalue weighted by Gasteiger charge is 2.71. The highest BCUT2D eigenvalue weighted by atomic mass is 16.6. The number of fused-ring (bicyclic) bond motifs is 1. The summed E-state index contributed by atoms with van der Waals surface area (Å²) in [5, 5.41) is 21.0. The summed E-state index contributed by atoms with van der Waals surface area (Å²) in [4.78, 5) is 37.9. The Bertz CT molecular complexity index is 815. The fourth-order valence-electron chi connectivity index (χ4n) is 3.84. The van der Waals surface area contributed by atoms with E-state index in [-0.39, 0.29) is 11.4 Å². The van der Waals surface area contributed by atoms with Crippen molar-refractivity contribution in [3.63, 3.8) is 0 Å². The maximum atomic E-state index is 13.1. The summed E-state index contributed by atoms with van der Waals surface area (Å²) < 4.78 is 11.2. The van der Waals surface area contributed by atoms with Crippen molar-refractivity contribution in [3.05, 3.63) is 34.3 Å². The normalized spacial score (nSPS) is 38.6. The highest BCUT2D eigenvalue weighted by molar-refractivity contribution is 6.20. The topological polar surface area (TPSA) is 110 Å². The molecular formula is C18H20O7. The molecule has 0 aromatic carbocycles. The number of carbonyl (C=O) groups is 3. The number of allylic oxidation sites excluding steroid dienone is 1. The Morgan fingerprint density at radius 3 is 2.32 bits per heavy atom. The molecule has 0 aromatic rings. The Balaban J connectivity index is 2.33. The van der Waals surface area contributed by atoms with E-state index in [2.05, 4.69) is 0 Å². The first-order valence-corrected chi connectivity index (χ1v) is 7.93. The summed E-state index contributed by atoms with van der Waals surface area (Å²) in [6.07, 6.45) is 0.505. The third-order valence-electron chi connectivity index (χ3n) is 5.61. The van der Waals surface area contributed by atoms with E-state index in [9.17, 15) is 24.6 Å². The lowest BCUT2D eigenvalue weighted by Crippen LogP contribution is -2.67. The zero-order chi connectivity index (χ0) is 18.9. The number of aliphatic hydroxyl groups excluding tert-OH is 2. The lowest BCUT2D eigenvalue weighted by Gasteiger charge is -2.45. The molecule has 25 heavy (non-hydrogen) atoms. The Morgan fingerprint density at radius 2 is 1.76 bits per heavy atom. The minimum atomic E-state index is -2.14. The summed E-state index contributed by atoms with van der Waals surface area (Å²) in [7, 11) is 1.20. The van der Waals surface area contributed by atoms with Gasteiger partial charge in [-0.3, -0.25) is 14.4 Å². The molecular weight excluding hydrogens is 328 g/mol. The van der Waals surface area contributed by atoms with Crippen molar-refractivity contribution in [1.82, 2.24) is 0 Å². The number of ketones is 3. The quantitative estimate of drug-likeness (QED) is 0.738. The van der Waals surface area contributed by atoms with Crippen molar-refractivity contribution in [1.29, 1.82) is 0 Å². The molecule has 7 nitrogen and oxygen atoms in total. The highest BCUT2D eigenvalue weighted by Crippen LogP contribution is 2.52. The average molecular weight is 348 g/mol. The van der Waals surface area contributed by atoms with E-state index in [1.807, 2.05) is 0 Å². The number of hydrogen-bond donors (Lipinski definition) is 2.